The van der Waals surface area contributed by atoms with Crippen molar-refractivity contribution in [3.63, 3.8) is 0 Å². The average molecular weight is 391 g/mol. The van der Waals surface area contributed by atoms with Gasteiger partial charge in [0.15, 0.2) is 10.8 Å². The number of fused-ring (bicyclic) bond motifs is 1. The summed E-state index contributed by atoms with van der Waals surface area (Å²) in [5.74, 6) is 7.04. The molecule has 10 heteroatoms. The van der Waals surface area contributed by atoms with Gasteiger partial charge in [0, 0.05) is 29.0 Å². The Morgan fingerprint density at radius 2 is 2.12 bits per heavy atom. The molecule has 126 valence electrons. The molecule has 0 saturated carbocycles. The number of hydrogen-bond acceptors (Lipinski definition) is 7. The lowest BCUT2D eigenvalue weighted by Crippen LogP contribution is -2.13. The Kier molecular flexibility index (Phi) is 4.20. The minimum atomic E-state index is -0.104. The molecular formula is C15H11ClN6OS2. The van der Waals surface area contributed by atoms with Gasteiger partial charge in [-0.2, -0.15) is 0 Å². The largest absolute Gasteiger partial charge is 0.335 e. The Bertz CT molecular complexity index is 1120. The first-order valence-corrected chi connectivity index (χ1v) is 9.42. The Morgan fingerprint density at radius 3 is 2.96 bits per heavy atom. The second-order valence-corrected chi connectivity index (χ2v) is 7.31. The Morgan fingerprint density at radius 1 is 1.28 bits per heavy atom. The molecule has 4 aromatic rings. The van der Waals surface area contributed by atoms with E-state index in [-0.39, 0.29) is 5.56 Å². The number of aromatic nitrogens is 5. The molecule has 0 aliphatic heterocycles. The lowest BCUT2D eigenvalue weighted by molar-refractivity contribution is 0.849. The van der Waals surface area contributed by atoms with Gasteiger partial charge in [-0.25, -0.2) is 9.66 Å². The summed E-state index contributed by atoms with van der Waals surface area (Å²) >= 11 is 8.96. The van der Waals surface area contributed by atoms with Crippen LogP contribution in [-0.2, 0) is 5.75 Å². The second kappa shape index (κ2) is 6.51. The molecule has 25 heavy (non-hydrogen) atoms. The van der Waals surface area contributed by atoms with Crippen LogP contribution in [0.1, 0.15) is 5.69 Å². The number of benzene rings is 1. The maximum Gasteiger partial charge on any atom is 0.258 e. The molecule has 0 bridgehead atoms. The van der Waals surface area contributed by atoms with E-state index >= 15 is 0 Å². The van der Waals surface area contributed by atoms with Crippen molar-refractivity contribution in [3.8, 4) is 11.4 Å². The van der Waals surface area contributed by atoms with E-state index in [4.69, 9.17) is 17.4 Å². The summed E-state index contributed by atoms with van der Waals surface area (Å²) in [5, 5.41) is 11.1. The van der Waals surface area contributed by atoms with E-state index in [0.29, 0.717) is 38.0 Å². The van der Waals surface area contributed by atoms with Gasteiger partial charge in [0.25, 0.3) is 5.56 Å². The minimum Gasteiger partial charge on any atom is -0.335 e. The van der Waals surface area contributed by atoms with Gasteiger partial charge in [-0.15, -0.1) is 21.5 Å². The van der Waals surface area contributed by atoms with Crippen molar-refractivity contribution < 1.29 is 0 Å². The van der Waals surface area contributed by atoms with Crippen LogP contribution >= 0.6 is 34.7 Å². The van der Waals surface area contributed by atoms with Crippen molar-refractivity contribution >= 4 is 39.7 Å². The molecule has 0 unspecified atom stereocenters. The van der Waals surface area contributed by atoms with Gasteiger partial charge in [0.2, 0.25) is 5.16 Å². The topological polar surface area (TPSA) is 91.1 Å². The SMILES string of the molecule is Nn1c(SCc2cc(=O)n3ccsc3n2)nnc1-c1ccccc1Cl. The van der Waals surface area contributed by atoms with Crippen LogP contribution in [0, 0.1) is 0 Å². The third kappa shape index (κ3) is 3.01. The first-order valence-electron chi connectivity index (χ1n) is 7.17. The van der Waals surface area contributed by atoms with Crippen molar-refractivity contribution in [3.05, 3.63) is 63.0 Å². The van der Waals surface area contributed by atoms with Gasteiger partial charge in [-0.1, -0.05) is 35.5 Å². The number of thioether (sulfide) groups is 1. The molecular weight excluding hydrogens is 380 g/mol. The normalized spacial score (nSPS) is 11.2. The van der Waals surface area contributed by atoms with E-state index in [2.05, 4.69) is 15.2 Å². The molecule has 0 aliphatic carbocycles. The highest BCUT2D eigenvalue weighted by molar-refractivity contribution is 7.98. The van der Waals surface area contributed by atoms with Crippen LogP contribution in [0.25, 0.3) is 16.3 Å². The zero-order valence-corrected chi connectivity index (χ0v) is 15.1. The molecule has 0 fully saturated rings. The molecule has 4 rings (SSSR count). The van der Waals surface area contributed by atoms with Crippen molar-refractivity contribution in [2.24, 2.45) is 0 Å². The average Bonchev–Trinajstić information content (AvgIpc) is 3.21. The highest BCUT2D eigenvalue weighted by atomic mass is 35.5. The highest BCUT2D eigenvalue weighted by Gasteiger charge is 2.15. The van der Waals surface area contributed by atoms with Crippen molar-refractivity contribution in [2.45, 2.75) is 10.9 Å². The summed E-state index contributed by atoms with van der Waals surface area (Å²) in [6.07, 6.45) is 1.71. The zero-order chi connectivity index (χ0) is 17.4. The molecule has 0 amide bonds. The molecule has 0 aliphatic rings. The number of halogens is 1. The van der Waals surface area contributed by atoms with Crippen LogP contribution < -0.4 is 11.4 Å². The molecule has 3 heterocycles. The second-order valence-electron chi connectivity index (χ2n) is 5.09. The number of thiazole rings is 1. The van der Waals surface area contributed by atoms with E-state index in [1.165, 1.54) is 38.2 Å². The van der Waals surface area contributed by atoms with Gasteiger partial charge in [0.1, 0.15) is 0 Å². The molecule has 0 atom stereocenters. The maximum atomic E-state index is 12.0. The molecule has 7 nitrogen and oxygen atoms in total. The van der Waals surface area contributed by atoms with Gasteiger partial charge in [0.05, 0.1) is 10.7 Å². The lowest BCUT2D eigenvalue weighted by Gasteiger charge is -2.05. The fourth-order valence-electron chi connectivity index (χ4n) is 2.30. The van der Waals surface area contributed by atoms with Crippen LogP contribution in [0.3, 0.4) is 0 Å². The van der Waals surface area contributed by atoms with Crippen LogP contribution in [0.15, 0.2) is 51.9 Å². The predicted molar refractivity (Wildman–Crippen MR) is 99.5 cm³/mol. The molecule has 1 aromatic carbocycles. The summed E-state index contributed by atoms with van der Waals surface area (Å²) in [6, 6.07) is 8.81. The van der Waals surface area contributed by atoms with Crippen LogP contribution in [0.5, 0.6) is 0 Å². The van der Waals surface area contributed by atoms with Gasteiger partial charge in [-0.3, -0.25) is 9.20 Å². The monoisotopic (exact) mass is 390 g/mol. The maximum absolute atomic E-state index is 12.0. The van der Waals surface area contributed by atoms with Crippen LogP contribution in [-0.4, -0.2) is 24.3 Å². The first-order chi connectivity index (χ1) is 12.1. The molecule has 0 radical (unpaired) electrons. The van der Waals surface area contributed by atoms with E-state index in [9.17, 15) is 4.79 Å². The summed E-state index contributed by atoms with van der Waals surface area (Å²) in [6.45, 7) is 0. The van der Waals surface area contributed by atoms with Crippen molar-refractivity contribution in [2.75, 3.05) is 5.84 Å². The van der Waals surface area contributed by atoms with Crippen LogP contribution in [0.4, 0.5) is 0 Å². The van der Waals surface area contributed by atoms with Crippen molar-refractivity contribution in [1.29, 1.82) is 0 Å². The van der Waals surface area contributed by atoms with Crippen molar-refractivity contribution in [1.82, 2.24) is 24.3 Å². The molecule has 3 aromatic heterocycles. The quantitative estimate of drug-likeness (QED) is 0.425. The third-order valence-corrected chi connectivity index (χ3v) is 5.55. The minimum absolute atomic E-state index is 0.104. The van der Waals surface area contributed by atoms with Gasteiger partial charge >= 0.3 is 0 Å². The van der Waals surface area contributed by atoms with E-state index < -0.39 is 0 Å². The third-order valence-electron chi connectivity index (χ3n) is 3.48. The van der Waals surface area contributed by atoms with E-state index in [1.807, 2.05) is 23.6 Å². The Labute approximate surface area is 155 Å². The molecule has 0 spiro atoms. The smallest absolute Gasteiger partial charge is 0.258 e. The van der Waals surface area contributed by atoms with Gasteiger partial charge in [-0.05, 0) is 12.1 Å². The Balaban J connectivity index is 1.59. The summed E-state index contributed by atoms with van der Waals surface area (Å²) < 4.78 is 2.90. The first kappa shape index (κ1) is 16.1. The number of nitrogen functional groups attached to an aromatic ring is 1. The zero-order valence-electron chi connectivity index (χ0n) is 12.7. The number of rotatable bonds is 4. The Hall–Kier alpha value is -2.36. The predicted octanol–water partition coefficient (Wildman–Crippen LogP) is 2.67. The standard InChI is InChI=1S/C15H11ClN6OS2/c16-11-4-2-1-3-10(11)13-19-20-15(22(13)17)25-8-9-7-12(23)21-5-6-24-14(21)18-9/h1-7H,8,17H2. The summed E-state index contributed by atoms with van der Waals surface area (Å²) in [4.78, 5) is 17.1. The summed E-state index contributed by atoms with van der Waals surface area (Å²) in [7, 11) is 0. The fourth-order valence-corrected chi connectivity index (χ4v) is 4.01. The molecule has 2 N–H and O–H groups in total. The van der Waals surface area contributed by atoms with E-state index in [0.717, 1.165) is 0 Å². The molecule has 0 saturated heterocycles. The van der Waals surface area contributed by atoms with Crippen LogP contribution in [0.2, 0.25) is 5.02 Å². The fraction of sp³-hybridized carbons (Fsp3) is 0.0667. The lowest BCUT2D eigenvalue weighted by atomic mass is 10.2. The van der Waals surface area contributed by atoms with Gasteiger partial charge < -0.3 is 5.84 Å². The van der Waals surface area contributed by atoms with E-state index in [1.54, 1.807) is 12.3 Å². The highest BCUT2D eigenvalue weighted by Crippen LogP contribution is 2.28. The summed E-state index contributed by atoms with van der Waals surface area (Å²) in [5.41, 5.74) is 1.27. The number of nitrogens with zero attached hydrogens (tertiary/aromatic N) is 5. The number of nitrogens with two attached hydrogens (primary N) is 1. The number of hydrogen-bond donors (Lipinski definition) is 1.